The van der Waals surface area contributed by atoms with Crippen LogP contribution in [0.3, 0.4) is 0 Å². The van der Waals surface area contributed by atoms with Crippen LogP contribution in [0.2, 0.25) is 0 Å². The number of ether oxygens (including phenoxy) is 1. The number of piperidine rings is 1. The van der Waals surface area contributed by atoms with Crippen molar-refractivity contribution in [3.8, 4) is 12.3 Å². The van der Waals surface area contributed by atoms with E-state index in [1.807, 2.05) is 11.8 Å². The third-order valence-electron chi connectivity index (χ3n) is 4.53. The average molecular weight is 382 g/mol. The Morgan fingerprint density at radius 2 is 2.07 bits per heavy atom. The van der Waals surface area contributed by atoms with E-state index >= 15 is 0 Å². The van der Waals surface area contributed by atoms with Gasteiger partial charge in [0.2, 0.25) is 0 Å². The lowest BCUT2D eigenvalue weighted by molar-refractivity contribution is -0.170. The molecule has 1 aromatic rings. The van der Waals surface area contributed by atoms with E-state index in [-0.39, 0.29) is 23.9 Å². The summed E-state index contributed by atoms with van der Waals surface area (Å²) < 4.78 is 43.1. The Bertz CT molecular complexity index is 756. The molecule has 0 radical (unpaired) electrons. The third-order valence-corrected chi connectivity index (χ3v) is 4.53. The summed E-state index contributed by atoms with van der Waals surface area (Å²) in [6.45, 7) is 2.48. The van der Waals surface area contributed by atoms with Crippen molar-refractivity contribution in [3.63, 3.8) is 0 Å². The van der Waals surface area contributed by atoms with Gasteiger partial charge in [-0.1, -0.05) is 5.92 Å². The predicted octanol–water partition coefficient (Wildman–Crippen LogP) is 3.38. The van der Waals surface area contributed by atoms with Crippen LogP contribution in [0.1, 0.15) is 36.5 Å². The summed E-state index contributed by atoms with van der Waals surface area (Å²) in [4.78, 5) is 26.4. The van der Waals surface area contributed by atoms with Crippen molar-refractivity contribution >= 4 is 23.3 Å². The highest BCUT2D eigenvalue weighted by Gasteiger charge is 2.42. The van der Waals surface area contributed by atoms with Crippen molar-refractivity contribution in [2.45, 2.75) is 38.4 Å². The smallest absolute Gasteiger partial charge is 0.449 e. The van der Waals surface area contributed by atoms with Crippen LogP contribution in [0.5, 0.6) is 0 Å². The first kappa shape index (κ1) is 20.6. The fourth-order valence-corrected chi connectivity index (χ4v) is 3.09. The minimum Gasteiger partial charge on any atom is -0.449 e. The highest BCUT2D eigenvalue weighted by atomic mass is 19.4. The number of benzene rings is 1. The minimum atomic E-state index is -5.01. The number of terminal acetylenes is 1. The zero-order valence-electron chi connectivity index (χ0n) is 15.2. The SMILES string of the molecule is C#CCOC(=O)c1cc(N(C)C(=O)C(F)(F)F)ccc1N1CCCC[C@@H]1C. The number of anilines is 2. The maximum atomic E-state index is 12.7. The standard InChI is InChI=1S/C19H21F3N2O3/c1-4-11-27-17(25)15-12-14(23(3)18(26)19(20,21)22)8-9-16(15)24-10-6-5-7-13(24)2/h1,8-9,12-13H,5-7,10-11H2,2-3H3/t13-/m0/s1. The number of nitrogens with zero attached hydrogens (tertiary/aromatic N) is 2. The van der Waals surface area contributed by atoms with Crippen LogP contribution in [0.15, 0.2) is 18.2 Å². The molecule has 1 heterocycles. The van der Waals surface area contributed by atoms with Crippen LogP contribution in [-0.2, 0) is 9.53 Å². The topological polar surface area (TPSA) is 49.9 Å². The van der Waals surface area contributed by atoms with Gasteiger partial charge >= 0.3 is 18.1 Å². The van der Waals surface area contributed by atoms with E-state index in [9.17, 15) is 22.8 Å². The number of halogens is 3. The molecule has 1 saturated heterocycles. The summed E-state index contributed by atoms with van der Waals surface area (Å²) in [5, 5.41) is 0. The zero-order chi connectivity index (χ0) is 20.2. The van der Waals surface area contributed by atoms with Gasteiger partial charge in [0.15, 0.2) is 6.61 Å². The fraction of sp³-hybridized carbons (Fsp3) is 0.474. The molecule has 1 amide bonds. The second-order valence-electron chi connectivity index (χ2n) is 6.38. The Hall–Kier alpha value is -2.69. The second kappa shape index (κ2) is 8.33. The summed E-state index contributed by atoms with van der Waals surface area (Å²) in [5.41, 5.74) is 0.581. The maximum absolute atomic E-state index is 12.7. The number of carbonyl (C=O) groups excluding carboxylic acids is 2. The van der Waals surface area contributed by atoms with Gasteiger partial charge in [-0.15, -0.1) is 6.42 Å². The molecule has 146 valence electrons. The molecule has 1 aliphatic heterocycles. The Labute approximate surface area is 156 Å². The van der Waals surface area contributed by atoms with Crippen LogP contribution in [0.25, 0.3) is 0 Å². The summed E-state index contributed by atoms with van der Waals surface area (Å²) in [7, 11) is 1.00. The van der Waals surface area contributed by atoms with Crippen molar-refractivity contribution in [1.82, 2.24) is 0 Å². The molecule has 1 aliphatic rings. The number of amides is 1. The molecule has 0 saturated carbocycles. The Morgan fingerprint density at radius 1 is 1.37 bits per heavy atom. The van der Waals surface area contributed by atoms with E-state index < -0.39 is 18.1 Å². The molecule has 0 bridgehead atoms. The summed E-state index contributed by atoms with van der Waals surface area (Å²) in [6, 6.07) is 4.33. The van der Waals surface area contributed by atoms with Gasteiger partial charge in [0.1, 0.15) is 0 Å². The molecule has 8 heteroatoms. The van der Waals surface area contributed by atoms with E-state index in [0.717, 1.165) is 26.3 Å². The van der Waals surface area contributed by atoms with Gasteiger partial charge in [-0.25, -0.2) is 4.79 Å². The minimum absolute atomic E-state index is 0.0570. The zero-order valence-corrected chi connectivity index (χ0v) is 15.2. The van der Waals surface area contributed by atoms with E-state index in [0.29, 0.717) is 17.1 Å². The summed E-state index contributed by atoms with van der Waals surface area (Å²) in [6.07, 6.45) is 3.04. The van der Waals surface area contributed by atoms with Gasteiger partial charge in [0, 0.05) is 25.3 Å². The van der Waals surface area contributed by atoms with Crippen molar-refractivity contribution in [1.29, 1.82) is 0 Å². The van der Waals surface area contributed by atoms with Crippen LogP contribution < -0.4 is 9.80 Å². The Balaban J connectivity index is 2.44. The molecule has 0 N–H and O–H groups in total. The highest BCUT2D eigenvalue weighted by Crippen LogP contribution is 2.32. The molecule has 1 aromatic carbocycles. The Kier molecular flexibility index (Phi) is 6.37. The molecule has 1 fully saturated rings. The quantitative estimate of drug-likeness (QED) is 0.592. The molecule has 27 heavy (non-hydrogen) atoms. The first-order chi connectivity index (χ1) is 12.7. The van der Waals surface area contributed by atoms with Crippen LogP contribution in [0, 0.1) is 12.3 Å². The van der Waals surface area contributed by atoms with E-state index in [2.05, 4.69) is 5.92 Å². The lowest BCUT2D eigenvalue weighted by Crippen LogP contribution is -2.39. The number of hydrogen-bond donors (Lipinski definition) is 0. The maximum Gasteiger partial charge on any atom is 0.471 e. The first-order valence-electron chi connectivity index (χ1n) is 8.53. The van der Waals surface area contributed by atoms with Crippen LogP contribution in [0.4, 0.5) is 24.5 Å². The van der Waals surface area contributed by atoms with Gasteiger partial charge in [-0.05, 0) is 44.4 Å². The second-order valence-corrected chi connectivity index (χ2v) is 6.38. The monoisotopic (exact) mass is 382 g/mol. The molecule has 1 atom stereocenters. The van der Waals surface area contributed by atoms with Crippen molar-refractivity contribution in [3.05, 3.63) is 23.8 Å². The van der Waals surface area contributed by atoms with Crippen molar-refractivity contribution in [2.24, 2.45) is 0 Å². The van der Waals surface area contributed by atoms with Gasteiger partial charge in [-0.2, -0.15) is 13.2 Å². The molecule has 0 aromatic heterocycles. The van der Waals surface area contributed by atoms with E-state index in [1.54, 1.807) is 6.07 Å². The Morgan fingerprint density at radius 3 is 2.67 bits per heavy atom. The number of hydrogen-bond acceptors (Lipinski definition) is 4. The summed E-state index contributed by atoms with van der Waals surface area (Å²) >= 11 is 0. The molecular formula is C19H21F3N2O3. The first-order valence-corrected chi connectivity index (χ1v) is 8.53. The fourth-order valence-electron chi connectivity index (χ4n) is 3.09. The lowest BCUT2D eigenvalue weighted by atomic mass is 10.0. The van der Waals surface area contributed by atoms with Crippen molar-refractivity contribution in [2.75, 3.05) is 30.0 Å². The van der Waals surface area contributed by atoms with E-state index in [1.165, 1.54) is 12.1 Å². The molecular weight excluding hydrogens is 361 g/mol. The van der Waals surface area contributed by atoms with Gasteiger partial charge in [-0.3, -0.25) is 4.79 Å². The lowest BCUT2D eigenvalue weighted by Gasteiger charge is -2.36. The molecule has 0 spiro atoms. The number of rotatable bonds is 4. The molecule has 0 unspecified atom stereocenters. The van der Waals surface area contributed by atoms with Crippen LogP contribution in [-0.4, -0.2) is 44.3 Å². The van der Waals surface area contributed by atoms with E-state index in [4.69, 9.17) is 11.2 Å². The largest absolute Gasteiger partial charge is 0.471 e. The van der Waals surface area contributed by atoms with Gasteiger partial charge in [0.25, 0.3) is 0 Å². The number of carbonyl (C=O) groups is 2. The number of esters is 1. The van der Waals surface area contributed by atoms with Crippen LogP contribution >= 0.6 is 0 Å². The van der Waals surface area contributed by atoms with Crippen molar-refractivity contribution < 1.29 is 27.5 Å². The molecule has 5 nitrogen and oxygen atoms in total. The van der Waals surface area contributed by atoms with Gasteiger partial charge < -0.3 is 14.5 Å². The normalized spacial score (nSPS) is 17.2. The molecule has 0 aliphatic carbocycles. The average Bonchev–Trinajstić information content (AvgIpc) is 2.64. The summed E-state index contributed by atoms with van der Waals surface area (Å²) in [5.74, 6) is -0.582. The highest BCUT2D eigenvalue weighted by molar-refractivity contribution is 6.01. The predicted molar refractivity (Wildman–Crippen MR) is 95.7 cm³/mol. The number of alkyl halides is 3. The molecule has 2 rings (SSSR count). The van der Waals surface area contributed by atoms with Gasteiger partial charge in [0.05, 0.1) is 11.3 Å². The third kappa shape index (κ3) is 4.73.